The van der Waals surface area contributed by atoms with Gasteiger partial charge in [0, 0.05) is 38.8 Å². The monoisotopic (exact) mass is 241 g/mol. The van der Waals surface area contributed by atoms with Crippen LogP contribution in [0.5, 0.6) is 0 Å². The van der Waals surface area contributed by atoms with Crippen LogP contribution in [-0.4, -0.2) is 62.2 Å². The number of nitrogens with one attached hydrogen (secondary N) is 1. The summed E-state index contributed by atoms with van der Waals surface area (Å²) in [6.07, 6.45) is 1.28. The van der Waals surface area contributed by atoms with Crippen molar-refractivity contribution < 1.29 is 0 Å². The lowest BCUT2D eigenvalue weighted by atomic mass is 9.96. The highest BCUT2D eigenvalue weighted by atomic mass is 15.2. The van der Waals surface area contributed by atoms with E-state index in [1.807, 2.05) is 0 Å². The maximum atomic E-state index is 3.41. The Balaban J connectivity index is 2.20. The highest BCUT2D eigenvalue weighted by molar-refractivity contribution is 4.75. The summed E-state index contributed by atoms with van der Waals surface area (Å²) in [5.41, 5.74) is 0.410. The largest absolute Gasteiger partial charge is 0.314 e. The number of hydrogen-bond donors (Lipinski definition) is 1. The molecular formula is C14H31N3. The molecule has 3 nitrogen and oxygen atoms in total. The van der Waals surface area contributed by atoms with Gasteiger partial charge in [0.25, 0.3) is 0 Å². The van der Waals surface area contributed by atoms with E-state index in [-0.39, 0.29) is 0 Å². The predicted octanol–water partition coefficient (Wildman–Crippen LogP) is 1.65. The van der Waals surface area contributed by atoms with Gasteiger partial charge in [0.05, 0.1) is 0 Å². The molecule has 1 heterocycles. The third kappa shape index (κ3) is 6.39. The first kappa shape index (κ1) is 14.9. The molecule has 1 aliphatic rings. The van der Waals surface area contributed by atoms with Crippen molar-refractivity contribution in [3.05, 3.63) is 0 Å². The molecule has 0 aromatic rings. The van der Waals surface area contributed by atoms with Crippen LogP contribution in [0.3, 0.4) is 0 Å². The van der Waals surface area contributed by atoms with Crippen LogP contribution < -0.4 is 5.32 Å². The Hall–Kier alpha value is -0.120. The zero-order valence-electron chi connectivity index (χ0n) is 12.4. The van der Waals surface area contributed by atoms with Gasteiger partial charge in [0.1, 0.15) is 0 Å². The minimum Gasteiger partial charge on any atom is -0.314 e. The molecule has 0 aromatic carbocycles. The second kappa shape index (κ2) is 6.72. The summed E-state index contributed by atoms with van der Waals surface area (Å²) in [6, 6.07) is 0.722. The summed E-state index contributed by atoms with van der Waals surface area (Å²) in [4.78, 5) is 5.08. The number of rotatable bonds is 5. The number of hydrogen-bond acceptors (Lipinski definition) is 3. The van der Waals surface area contributed by atoms with Gasteiger partial charge in [0.15, 0.2) is 0 Å². The summed E-state index contributed by atoms with van der Waals surface area (Å²) in [5, 5.41) is 3.41. The molecular weight excluding hydrogens is 210 g/mol. The van der Waals surface area contributed by atoms with E-state index < -0.39 is 0 Å². The molecule has 1 unspecified atom stereocenters. The molecule has 1 rings (SSSR count). The second-order valence-corrected chi connectivity index (χ2v) is 6.72. The Morgan fingerprint density at radius 3 is 2.35 bits per heavy atom. The van der Waals surface area contributed by atoms with Crippen molar-refractivity contribution in [2.24, 2.45) is 5.41 Å². The molecule has 1 N–H and O–H groups in total. The average molecular weight is 241 g/mol. The molecule has 0 saturated carbocycles. The smallest absolute Gasteiger partial charge is 0.0110 e. The SMILES string of the molecule is CC(CCN(C)CC(C)(C)C)N1CCNCC1. The molecule has 17 heavy (non-hydrogen) atoms. The van der Waals surface area contributed by atoms with E-state index in [0.29, 0.717) is 5.41 Å². The molecule has 1 fully saturated rings. The zero-order chi connectivity index (χ0) is 12.9. The molecule has 0 bridgehead atoms. The van der Waals surface area contributed by atoms with Gasteiger partial charge in [-0.15, -0.1) is 0 Å². The maximum Gasteiger partial charge on any atom is 0.0110 e. The molecule has 1 atom stereocenters. The molecule has 0 aliphatic carbocycles. The van der Waals surface area contributed by atoms with Crippen molar-refractivity contribution in [1.29, 1.82) is 0 Å². The Bertz CT molecular complexity index is 204. The Morgan fingerprint density at radius 2 is 1.82 bits per heavy atom. The van der Waals surface area contributed by atoms with Crippen molar-refractivity contribution in [3.63, 3.8) is 0 Å². The lowest BCUT2D eigenvalue weighted by molar-refractivity contribution is 0.152. The van der Waals surface area contributed by atoms with Gasteiger partial charge in [-0.3, -0.25) is 4.90 Å². The Labute approximate surface area is 108 Å². The molecule has 102 valence electrons. The third-order valence-corrected chi connectivity index (χ3v) is 3.45. The minimum atomic E-state index is 0.410. The third-order valence-electron chi connectivity index (χ3n) is 3.45. The van der Waals surface area contributed by atoms with Gasteiger partial charge in [-0.2, -0.15) is 0 Å². The van der Waals surface area contributed by atoms with E-state index in [2.05, 4.69) is 49.9 Å². The fourth-order valence-electron chi connectivity index (χ4n) is 2.60. The van der Waals surface area contributed by atoms with Gasteiger partial charge >= 0.3 is 0 Å². The fourth-order valence-corrected chi connectivity index (χ4v) is 2.60. The van der Waals surface area contributed by atoms with Gasteiger partial charge in [-0.25, -0.2) is 0 Å². The summed E-state index contributed by atoms with van der Waals surface area (Å²) in [7, 11) is 2.25. The van der Waals surface area contributed by atoms with Crippen molar-refractivity contribution in [1.82, 2.24) is 15.1 Å². The van der Waals surface area contributed by atoms with E-state index in [0.717, 1.165) is 19.1 Å². The Kier molecular flexibility index (Phi) is 5.90. The van der Waals surface area contributed by atoms with Crippen molar-refractivity contribution >= 4 is 0 Å². The van der Waals surface area contributed by atoms with E-state index >= 15 is 0 Å². The highest BCUT2D eigenvalue weighted by Crippen LogP contribution is 2.15. The van der Waals surface area contributed by atoms with Crippen LogP contribution in [0.4, 0.5) is 0 Å². The van der Waals surface area contributed by atoms with Crippen molar-refractivity contribution in [2.45, 2.75) is 40.2 Å². The van der Waals surface area contributed by atoms with Crippen molar-refractivity contribution in [2.75, 3.05) is 46.3 Å². The first-order valence-electron chi connectivity index (χ1n) is 7.02. The van der Waals surface area contributed by atoms with E-state index in [1.54, 1.807) is 0 Å². The fraction of sp³-hybridized carbons (Fsp3) is 1.00. The lowest BCUT2D eigenvalue weighted by Gasteiger charge is -2.34. The van der Waals surface area contributed by atoms with E-state index in [9.17, 15) is 0 Å². The van der Waals surface area contributed by atoms with Gasteiger partial charge < -0.3 is 10.2 Å². The molecule has 1 aliphatic heterocycles. The molecule has 0 spiro atoms. The van der Waals surface area contributed by atoms with E-state index in [4.69, 9.17) is 0 Å². The Morgan fingerprint density at radius 1 is 1.24 bits per heavy atom. The first-order valence-corrected chi connectivity index (χ1v) is 7.02. The normalized spacial score (nSPS) is 20.8. The quantitative estimate of drug-likeness (QED) is 0.789. The number of nitrogens with zero attached hydrogens (tertiary/aromatic N) is 2. The molecule has 1 saturated heterocycles. The highest BCUT2D eigenvalue weighted by Gasteiger charge is 2.18. The average Bonchev–Trinajstić information content (AvgIpc) is 2.25. The first-order chi connectivity index (χ1) is 7.88. The van der Waals surface area contributed by atoms with Gasteiger partial charge in [0.2, 0.25) is 0 Å². The molecule has 0 amide bonds. The van der Waals surface area contributed by atoms with Crippen LogP contribution >= 0.6 is 0 Å². The zero-order valence-corrected chi connectivity index (χ0v) is 12.4. The van der Waals surface area contributed by atoms with Crippen LogP contribution in [0.25, 0.3) is 0 Å². The van der Waals surface area contributed by atoms with Crippen LogP contribution in [0, 0.1) is 5.41 Å². The molecule has 0 aromatic heterocycles. The summed E-state index contributed by atoms with van der Waals surface area (Å²) in [6.45, 7) is 16.4. The van der Waals surface area contributed by atoms with Gasteiger partial charge in [-0.05, 0) is 32.4 Å². The lowest BCUT2D eigenvalue weighted by Crippen LogP contribution is -2.48. The topological polar surface area (TPSA) is 18.5 Å². The van der Waals surface area contributed by atoms with Crippen LogP contribution in [0.1, 0.15) is 34.1 Å². The summed E-state index contributed by atoms with van der Waals surface area (Å²) >= 11 is 0. The summed E-state index contributed by atoms with van der Waals surface area (Å²) < 4.78 is 0. The van der Waals surface area contributed by atoms with Crippen LogP contribution in [0.2, 0.25) is 0 Å². The van der Waals surface area contributed by atoms with Crippen LogP contribution in [0.15, 0.2) is 0 Å². The summed E-state index contributed by atoms with van der Waals surface area (Å²) in [5.74, 6) is 0. The maximum absolute atomic E-state index is 3.41. The second-order valence-electron chi connectivity index (χ2n) is 6.72. The van der Waals surface area contributed by atoms with Crippen LogP contribution in [-0.2, 0) is 0 Å². The van der Waals surface area contributed by atoms with Gasteiger partial charge in [-0.1, -0.05) is 20.8 Å². The number of piperazine rings is 1. The molecule has 3 heteroatoms. The minimum absolute atomic E-state index is 0.410. The van der Waals surface area contributed by atoms with E-state index in [1.165, 1.54) is 32.6 Å². The van der Waals surface area contributed by atoms with Crippen molar-refractivity contribution in [3.8, 4) is 0 Å². The standard InChI is InChI=1S/C14H31N3/c1-13(17-10-7-15-8-11-17)6-9-16(5)12-14(2,3)4/h13,15H,6-12H2,1-5H3. The molecule has 0 radical (unpaired) electrons. The predicted molar refractivity (Wildman–Crippen MR) is 75.5 cm³/mol.